The van der Waals surface area contributed by atoms with Gasteiger partial charge in [0.05, 0.1) is 17.3 Å². The number of methoxy groups -OCH3 is 2. The minimum Gasteiger partial charge on any atom is -0.377 e. The molecule has 0 spiro atoms. The third kappa shape index (κ3) is 2.51. The fourth-order valence-corrected chi connectivity index (χ4v) is 2.86. The van der Waals surface area contributed by atoms with E-state index >= 15 is 0 Å². The molecule has 5 heteroatoms. The van der Waals surface area contributed by atoms with E-state index in [4.69, 9.17) is 14.7 Å². The molecule has 1 fully saturated rings. The molecule has 1 aliphatic rings. The second-order valence-corrected chi connectivity index (χ2v) is 5.09. The van der Waals surface area contributed by atoms with Crippen LogP contribution in [0.4, 0.5) is 5.69 Å². The predicted molar refractivity (Wildman–Crippen MR) is 72.7 cm³/mol. The first-order valence-corrected chi connectivity index (χ1v) is 6.49. The second kappa shape index (κ2) is 5.70. The van der Waals surface area contributed by atoms with Gasteiger partial charge in [-0.2, -0.15) is 5.26 Å². The van der Waals surface area contributed by atoms with Gasteiger partial charge in [0.1, 0.15) is 12.2 Å². The topological polar surface area (TPSA) is 45.5 Å². The number of hydrogen-bond acceptors (Lipinski definition) is 4. The summed E-state index contributed by atoms with van der Waals surface area (Å²) in [5.41, 5.74) is 1.71. The van der Waals surface area contributed by atoms with E-state index in [9.17, 15) is 0 Å². The summed E-state index contributed by atoms with van der Waals surface area (Å²) in [6, 6.07) is 7.73. The number of nitrogens with zero attached hydrogens (tertiary/aromatic N) is 2. The zero-order valence-corrected chi connectivity index (χ0v) is 12.0. The number of anilines is 1. The van der Waals surface area contributed by atoms with Crippen LogP contribution in [0.3, 0.4) is 0 Å². The standard InChI is InChI=1S/C13H15BrN2O2/c1-17-12-7-16(8-13(12)18-2)11-4-3-9(6-15)5-10(11)14/h3-5,12-13H,7-8H2,1-2H3. The number of nitriles is 1. The molecule has 0 amide bonds. The Hall–Kier alpha value is -1.09. The molecule has 0 radical (unpaired) electrons. The van der Waals surface area contributed by atoms with Crippen molar-refractivity contribution in [2.24, 2.45) is 0 Å². The lowest BCUT2D eigenvalue weighted by molar-refractivity contribution is -0.00461. The number of hydrogen-bond donors (Lipinski definition) is 0. The lowest BCUT2D eigenvalue weighted by atomic mass is 10.2. The molecule has 1 saturated heterocycles. The molecule has 4 nitrogen and oxygen atoms in total. The average Bonchev–Trinajstić information content (AvgIpc) is 2.81. The normalized spacial score (nSPS) is 23.1. The van der Waals surface area contributed by atoms with Gasteiger partial charge in [-0.15, -0.1) is 0 Å². The van der Waals surface area contributed by atoms with E-state index in [1.54, 1.807) is 14.2 Å². The fraction of sp³-hybridized carbons (Fsp3) is 0.462. The molecule has 0 aromatic heterocycles. The maximum atomic E-state index is 8.85. The van der Waals surface area contributed by atoms with Gasteiger partial charge in [-0.1, -0.05) is 0 Å². The Morgan fingerprint density at radius 2 is 1.89 bits per heavy atom. The zero-order valence-electron chi connectivity index (χ0n) is 10.4. The molecule has 2 rings (SSSR count). The fourth-order valence-electron chi connectivity index (χ4n) is 2.23. The van der Waals surface area contributed by atoms with Gasteiger partial charge in [-0.05, 0) is 34.1 Å². The third-order valence-corrected chi connectivity index (χ3v) is 3.87. The molecule has 1 aromatic carbocycles. The van der Waals surface area contributed by atoms with Crippen molar-refractivity contribution < 1.29 is 9.47 Å². The highest BCUT2D eigenvalue weighted by atomic mass is 79.9. The van der Waals surface area contributed by atoms with E-state index in [2.05, 4.69) is 26.9 Å². The minimum absolute atomic E-state index is 0.0811. The van der Waals surface area contributed by atoms with E-state index in [0.29, 0.717) is 5.56 Å². The average molecular weight is 311 g/mol. The maximum Gasteiger partial charge on any atom is 0.102 e. The van der Waals surface area contributed by atoms with Gasteiger partial charge in [0, 0.05) is 31.8 Å². The Morgan fingerprint density at radius 1 is 1.28 bits per heavy atom. The first kappa shape index (κ1) is 13.3. The van der Waals surface area contributed by atoms with Gasteiger partial charge in [0.25, 0.3) is 0 Å². The molecular weight excluding hydrogens is 296 g/mol. The zero-order chi connectivity index (χ0) is 13.1. The summed E-state index contributed by atoms with van der Waals surface area (Å²) in [5.74, 6) is 0. The Balaban J connectivity index is 2.21. The van der Waals surface area contributed by atoms with Crippen molar-refractivity contribution in [1.82, 2.24) is 0 Å². The molecule has 0 aliphatic carbocycles. The summed E-state index contributed by atoms with van der Waals surface area (Å²) in [6.45, 7) is 1.58. The van der Waals surface area contributed by atoms with Gasteiger partial charge < -0.3 is 14.4 Å². The molecule has 2 atom stereocenters. The molecule has 0 bridgehead atoms. The largest absolute Gasteiger partial charge is 0.377 e. The maximum absolute atomic E-state index is 8.85. The van der Waals surface area contributed by atoms with Crippen LogP contribution in [0.5, 0.6) is 0 Å². The molecule has 96 valence electrons. The Morgan fingerprint density at radius 3 is 2.33 bits per heavy atom. The minimum atomic E-state index is 0.0811. The monoisotopic (exact) mass is 310 g/mol. The molecule has 2 unspecified atom stereocenters. The van der Waals surface area contributed by atoms with Gasteiger partial charge in [-0.25, -0.2) is 0 Å². The highest BCUT2D eigenvalue weighted by Gasteiger charge is 2.33. The van der Waals surface area contributed by atoms with Gasteiger partial charge in [-0.3, -0.25) is 0 Å². The third-order valence-electron chi connectivity index (χ3n) is 3.24. The summed E-state index contributed by atoms with van der Waals surface area (Å²) in [6.07, 6.45) is 0.162. The van der Waals surface area contributed by atoms with Crippen molar-refractivity contribution in [3.63, 3.8) is 0 Å². The van der Waals surface area contributed by atoms with Crippen molar-refractivity contribution >= 4 is 21.6 Å². The predicted octanol–water partition coefficient (Wildman–Crippen LogP) is 2.17. The molecule has 0 saturated carbocycles. The Kier molecular flexibility index (Phi) is 4.23. The van der Waals surface area contributed by atoms with Crippen LogP contribution in [-0.4, -0.2) is 39.5 Å². The molecule has 1 aliphatic heterocycles. The quantitative estimate of drug-likeness (QED) is 0.858. The van der Waals surface area contributed by atoms with Crippen LogP contribution in [0.25, 0.3) is 0 Å². The highest BCUT2D eigenvalue weighted by Crippen LogP contribution is 2.31. The van der Waals surface area contributed by atoms with Gasteiger partial charge in [0.2, 0.25) is 0 Å². The number of benzene rings is 1. The van der Waals surface area contributed by atoms with Gasteiger partial charge in [0.15, 0.2) is 0 Å². The summed E-state index contributed by atoms with van der Waals surface area (Å²) in [4.78, 5) is 2.20. The smallest absolute Gasteiger partial charge is 0.102 e. The summed E-state index contributed by atoms with van der Waals surface area (Å²) in [5, 5.41) is 8.85. The van der Waals surface area contributed by atoms with E-state index < -0.39 is 0 Å². The number of ether oxygens (including phenoxy) is 2. The summed E-state index contributed by atoms with van der Waals surface area (Å²) < 4.78 is 11.8. The Bertz CT molecular complexity index is 461. The lowest BCUT2D eigenvalue weighted by Gasteiger charge is -2.19. The van der Waals surface area contributed by atoms with Crippen molar-refractivity contribution in [2.45, 2.75) is 12.2 Å². The van der Waals surface area contributed by atoms with Crippen molar-refractivity contribution in [3.8, 4) is 6.07 Å². The summed E-state index contributed by atoms with van der Waals surface area (Å²) >= 11 is 3.51. The van der Waals surface area contributed by atoms with Crippen molar-refractivity contribution in [1.29, 1.82) is 5.26 Å². The van der Waals surface area contributed by atoms with Crippen LogP contribution in [0.2, 0.25) is 0 Å². The lowest BCUT2D eigenvalue weighted by Crippen LogP contribution is -2.27. The number of halogens is 1. The SMILES string of the molecule is COC1CN(c2ccc(C#N)cc2Br)CC1OC. The molecule has 18 heavy (non-hydrogen) atoms. The second-order valence-electron chi connectivity index (χ2n) is 4.23. The van der Waals surface area contributed by atoms with Crippen LogP contribution >= 0.6 is 15.9 Å². The molecule has 1 aromatic rings. The molecule has 0 N–H and O–H groups in total. The highest BCUT2D eigenvalue weighted by molar-refractivity contribution is 9.10. The van der Waals surface area contributed by atoms with Crippen LogP contribution in [0.15, 0.2) is 22.7 Å². The molecule has 1 heterocycles. The first-order chi connectivity index (χ1) is 8.69. The van der Waals surface area contributed by atoms with E-state index in [-0.39, 0.29) is 12.2 Å². The van der Waals surface area contributed by atoms with Crippen LogP contribution in [0.1, 0.15) is 5.56 Å². The van der Waals surface area contributed by atoms with Crippen LogP contribution < -0.4 is 4.90 Å². The van der Waals surface area contributed by atoms with E-state index in [1.807, 2.05) is 18.2 Å². The molecular formula is C13H15BrN2O2. The first-order valence-electron chi connectivity index (χ1n) is 5.69. The Labute approximate surface area is 115 Å². The van der Waals surface area contributed by atoms with Crippen LogP contribution in [0, 0.1) is 11.3 Å². The van der Waals surface area contributed by atoms with Crippen molar-refractivity contribution in [2.75, 3.05) is 32.2 Å². The van der Waals surface area contributed by atoms with E-state index in [1.165, 1.54) is 0 Å². The van der Waals surface area contributed by atoms with E-state index in [0.717, 1.165) is 23.2 Å². The van der Waals surface area contributed by atoms with Gasteiger partial charge >= 0.3 is 0 Å². The summed E-state index contributed by atoms with van der Waals surface area (Å²) in [7, 11) is 3.40. The van der Waals surface area contributed by atoms with Crippen LogP contribution in [-0.2, 0) is 9.47 Å². The van der Waals surface area contributed by atoms with Crippen molar-refractivity contribution in [3.05, 3.63) is 28.2 Å². The number of rotatable bonds is 3.